The monoisotopic (exact) mass is 320 g/mol. The summed E-state index contributed by atoms with van der Waals surface area (Å²) in [4.78, 5) is 15.3. The third-order valence-electron chi connectivity index (χ3n) is 3.81. The molecule has 1 heterocycles. The first-order valence-corrected chi connectivity index (χ1v) is 7.41. The van der Waals surface area contributed by atoms with Gasteiger partial charge in [-0.15, -0.1) is 0 Å². The summed E-state index contributed by atoms with van der Waals surface area (Å²) in [6.07, 6.45) is 0. The summed E-state index contributed by atoms with van der Waals surface area (Å²) in [5, 5.41) is 29.5. The predicted molar refractivity (Wildman–Crippen MR) is 88.4 cm³/mol. The first-order chi connectivity index (χ1) is 11.6. The lowest BCUT2D eigenvalue weighted by Gasteiger charge is -2.35. The summed E-state index contributed by atoms with van der Waals surface area (Å²) in [5.74, 6) is 0.0933. The van der Waals surface area contributed by atoms with E-state index in [4.69, 9.17) is 15.8 Å². The molecule has 7 nitrogen and oxygen atoms in total. The van der Waals surface area contributed by atoms with Crippen molar-refractivity contribution < 1.29 is 4.79 Å². The van der Waals surface area contributed by atoms with Gasteiger partial charge in [0.25, 0.3) is 0 Å². The van der Waals surface area contributed by atoms with Crippen molar-refractivity contribution in [2.75, 3.05) is 36.4 Å². The third-order valence-corrected chi connectivity index (χ3v) is 3.81. The molecule has 0 saturated carbocycles. The Hall–Kier alpha value is -3.50. The molecule has 1 amide bonds. The van der Waals surface area contributed by atoms with Gasteiger partial charge in [-0.1, -0.05) is 0 Å². The Kier molecular flexibility index (Phi) is 5.39. The fourth-order valence-corrected chi connectivity index (χ4v) is 2.46. The molecule has 1 saturated heterocycles. The van der Waals surface area contributed by atoms with E-state index < -0.39 is 0 Å². The average molecular weight is 320 g/mol. The second kappa shape index (κ2) is 7.67. The average Bonchev–Trinajstić information content (AvgIpc) is 2.62. The van der Waals surface area contributed by atoms with Crippen molar-refractivity contribution in [2.45, 2.75) is 6.92 Å². The Morgan fingerprint density at radius 2 is 1.58 bits per heavy atom. The van der Waals surface area contributed by atoms with E-state index in [0.29, 0.717) is 18.8 Å². The molecule has 0 spiro atoms. The van der Waals surface area contributed by atoms with Gasteiger partial charge in [0.2, 0.25) is 5.91 Å². The maximum absolute atomic E-state index is 11.3. The Morgan fingerprint density at radius 3 is 2.04 bits per heavy atom. The van der Waals surface area contributed by atoms with Crippen LogP contribution in [0.5, 0.6) is 0 Å². The first-order valence-electron chi connectivity index (χ1n) is 7.41. The second-order valence-electron chi connectivity index (χ2n) is 5.25. The number of nitriles is 3. The molecule has 1 aliphatic heterocycles. The zero-order valence-corrected chi connectivity index (χ0v) is 13.3. The molecule has 0 unspecified atom stereocenters. The van der Waals surface area contributed by atoms with Gasteiger partial charge >= 0.3 is 0 Å². The number of amides is 1. The van der Waals surface area contributed by atoms with E-state index in [2.05, 4.69) is 10.2 Å². The van der Waals surface area contributed by atoms with Gasteiger partial charge < -0.3 is 15.1 Å². The van der Waals surface area contributed by atoms with Gasteiger partial charge in [-0.25, -0.2) is 0 Å². The van der Waals surface area contributed by atoms with Crippen LogP contribution in [0.15, 0.2) is 35.5 Å². The molecule has 0 aromatic heterocycles. The standard InChI is InChI=1S/C17H16N6O/c1-13(24)22-6-8-23(9-7-22)16-4-2-15(3-5-16)21-17(12-20)14(10-18)11-19/h2-5,21H,6-9H2,1H3. The van der Waals surface area contributed by atoms with Gasteiger partial charge in [0.05, 0.1) is 0 Å². The van der Waals surface area contributed by atoms with Crippen LogP contribution in [0.2, 0.25) is 0 Å². The lowest BCUT2D eigenvalue weighted by atomic mass is 10.2. The SMILES string of the molecule is CC(=O)N1CCN(c2ccc(NC(C#N)=C(C#N)C#N)cc2)CC1. The van der Waals surface area contributed by atoms with Crippen LogP contribution in [0.4, 0.5) is 11.4 Å². The van der Waals surface area contributed by atoms with Crippen molar-refractivity contribution in [2.24, 2.45) is 0 Å². The molecule has 7 heteroatoms. The number of carbonyl (C=O) groups excluding carboxylic acids is 1. The van der Waals surface area contributed by atoms with E-state index in [1.807, 2.05) is 23.1 Å². The molecule has 120 valence electrons. The van der Waals surface area contributed by atoms with E-state index in [0.717, 1.165) is 18.8 Å². The Balaban J connectivity index is 2.06. The molecular weight excluding hydrogens is 304 g/mol. The molecule has 1 aliphatic rings. The van der Waals surface area contributed by atoms with E-state index in [1.165, 1.54) is 0 Å². The van der Waals surface area contributed by atoms with Gasteiger partial charge in [0, 0.05) is 44.5 Å². The minimum atomic E-state index is -0.248. The number of hydrogen-bond donors (Lipinski definition) is 1. The van der Waals surface area contributed by atoms with Crippen LogP contribution < -0.4 is 10.2 Å². The van der Waals surface area contributed by atoms with Gasteiger partial charge in [-0.3, -0.25) is 4.79 Å². The minimum Gasteiger partial charge on any atom is -0.368 e. The second-order valence-corrected chi connectivity index (χ2v) is 5.25. The highest BCUT2D eigenvalue weighted by Gasteiger charge is 2.18. The van der Waals surface area contributed by atoms with E-state index in [-0.39, 0.29) is 17.2 Å². The quantitative estimate of drug-likeness (QED) is 0.848. The number of benzene rings is 1. The zero-order valence-electron chi connectivity index (χ0n) is 13.3. The number of nitrogens with zero attached hydrogens (tertiary/aromatic N) is 5. The highest BCUT2D eigenvalue weighted by molar-refractivity contribution is 5.73. The van der Waals surface area contributed by atoms with Crippen LogP contribution in [-0.2, 0) is 4.79 Å². The van der Waals surface area contributed by atoms with Gasteiger partial charge in [-0.2, -0.15) is 15.8 Å². The highest BCUT2D eigenvalue weighted by atomic mass is 16.2. The molecule has 0 atom stereocenters. The number of anilines is 2. The Labute approximate surface area is 140 Å². The Bertz CT molecular complexity index is 751. The number of piperazine rings is 1. The van der Waals surface area contributed by atoms with Gasteiger partial charge in [-0.05, 0) is 24.3 Å². The van der Waals surface area contributed by atoms with Crippen LogP contribution in [0, 0.1) is 34.0 Å². The van der Waals surface area contributed by atoms with Crippen molar-refractivity contribution in [1.29, 1.82) is 15.8 Å². The van der Waals surface area contributed by atoms with E-state index >= 15 is 0 Å². The molecule has 1 aromatic carbocycles. The summed E-state index contributed by atoms with van der Waals surface area (Å²) in [7, 11) is 0. The molecule has 1 fully saturated rings. The molecule has 1 N–H and O–H groups in total. The van der Waals surface area contributed by atoms with Crippen molar-refractivity contribution in [3.8, 4) is 18.2 Å². The molecule has 24 heavy (non-hydrogen) atoms. The third kappa shape index (κ3) is 3.82. The number of rotatable bonds is 3. The van der Waals surface area contributed by atoms with Gasteiger partial charge in [0.15, 0.2) is 5.57 Å². The minimum absolute atomic E-state index is 0.0668. The summed E-state index contributed by atoms with van der Waals surface area (Å²) in [5.41, 5.74) is 1.33. The summed E-state index contributed by atoms with van der Waals surface area (Å²) in [6, 6.07) is 12.6. The summed E-state index contributed by atoms with van der Waals surface area (Å²) in [6.45, 7) is 4.51. The first kappa shape index (κ1) is 16.9. The topological polar surface area (TPSA) is 107 Å². The van der Waals surface area contributed by atoms with Crippen molar-refractivity contribution in [1.82, 2.24) is 4.90 Å². The van der Waals surface area contributed by atoms with Crippen molar-refractivity contribution in [3.05, 3.63) is 35.5 Å². The van der Waals surface area contributed by atoms with Crippen LogP contribution >= 0.6 is 0 Å². The van der Waals surface area contributed by atoms with E-state index in [1.54, 1.807) is 31.2 Å². The summed E-state index contributed by atoms with van der Waals surface area (Å²) >= 11 is 0. The largest absolute Gasteiger partial charge is 0.368 e. The molecule has 0 radical (unpaired) electrons. The number of nitrogens with one attached hydrogen (secondary N) is 1. The molecular formula is C17H16N6O. The Morgan fingerprint density at radius 1 is 1.00 bits per heavy atom. The van der Waals surface area contributed by atoms with Crippen LogP contribution in [-0.4, -0.2) is 37.0 Å². The fraction of sp³-hybridized carbons (Fsp3) is 0.294. The smallest absolute Gasteiger partial charge is 0.219 e. The summed E-state index contributed by atoms with van der Waals surface area (Å²) < 4.78 is 0. The lowest BCUT2D eigenvalue weighted by molar-refractivity contribution is -0.129. The molecule has 2 rings (SSSR count). The highest BCUT2D eigenvalue weighted by Crippen LogP contribution is 2.21. The predicted octanol–water partition coefficient (Wildman–Crippen LogP) is 1.59. The van der Waals surface area contributed by atoms with Crippen molar-refractivity contribution in [3.63, 3.8) is 0 Å². The lowest BCUT2D eigenvalue weighted by Crippen LogP contribution is -2.48. The van der Waals surface area contributed by atoms with Crippen LogP contribution in [0.1, 0.15) is 6.92 Å². The van der Waals surface area contributed by atoms with Crippen molar-refractivity contribution >= 4 is 17.3 Å². The fourth-order valence-electron chi connectivity index (χ4n) is 2.46. The van der Waals surface area contributed by atoms with Crippen LogP contribution in [0.25, 0.3) is 0 Å². The normalized spacial score (nSPS) is 13.2. The van der Waals surface area contributed by atoms with Gasteiger partial charge in [0.1, 0.15) is 23.9 Å². The van der Waals surface area contributed by atoms with Crippen LogP contribution in [0.3, 0.4) is 0 Å². The maximum Gasteiger partial charge on any atom is 0.219 e. The molecule has 0 bridgehead atoms. The molecule has 1 aromatic rings. The zero-order chi connectivity index (χ0) is 17.5. The number of hydrogen-bond acceptors (Lipinski definition) is 6. The molecule has 0 aliphatic carbocycles. The van der Waals surface area contributed by atoms with E-state index in [9.17, 15) is 4.79 Å². The number of allylic oxidation sites excluding steroid dienone is 2. The maximum atomic E-state index is 11.3. The number of carbonyl (C=O) groups is 1.